The van der Waals surface area contributed by atoms with Crippen molar-refractivity contribution in [2.45, 2.75) is 38.6 Å². The van der Waals surface area contributed by atoms with Crippen LogP contribution in [0.4, 0.5) is 5.69 Å². The maximum Gasteiger partial charge on any atom is 0.303 e. The lowest BCUT2D eigenvalue weighted by Gasteiger charge is -2.13. The number of nitrogens with one attached hydrogen (secondary N) is 1. The van der Waals surface area contributed by atoms with E-state index in [0.29, 0.717) is 18.4 Å². The van der Waals surface area contributed by atoms with Crippen LogP contribution in [0.2, 0.25) is 0 Å². The van der Waals surface area contributed by atoms with Crippen LogP contribution in [0.3, 0.4) is 0 Å². The highest BCUT2D eigenvalue weighted by molar-refractivity contribution is 5.78. The van der Waals surface area contributed by atoms with Crippen LogP contribution in [0.5, 0.6) is 0 Å². The Kier molecular flexibility index (Phi) is 6.32. The van der Waals surface area contributed by atoms with E-state index in [1.54, 1.807) is 12.1 Å². The number of carbonyl (C=O) groups excluding carboxylic acids is 1. The summed E-state index contributed by atoms with van der Waals surface area (Å²) >= 11 is 0. The normalized spacial score (nSPS) is 11.7. The number of rotatable bonds is 8. The SMILES string of the molecule is CC(CCCC(=O)O)NC(=O)Cc1ccc([N+](=O)[O-])cc1. The fourth-order valence-electron chi connectivity index (χ4n) is 1.88. The first-order chi connectivity index (χ1) is 9.88. The van der Waals surface area contributed by atoms with Gasteiger partial charge < -0.3 is 10.4 Å². The zero-order valence-electron chi connectivity index (χ0n) is 11.7. The van der Waals surface area contributed by atoms with E-state index in [1.165, 1.54) is 12.1 Å². The van der Waals surface area contributed by atoms with Crippen molar-refractivity contribution < 1.29 is 19.6 Å². The molecule has 1 unspecified atom stereocenters. The molecule has 0 saturated heterocycles. The van der Waals surface area contributed by atoms with Gasteiger partial charge in [0.2, 0.25) is 5.91 Å². The molecule has 0 heterocycles. The van der Waals surface area contributed by atoms with Crippen LogP contribution in [0.1, 0.15) is 31.7 Å². The summed E-state index contributed by atoms with van der Waals surface area (Å²) in [6.07, 6.45) is 1.33. The van der Waals surface area contributed by atoms with Crippen molar-refractivity contribution in [3.63, 3.8) is 0 Å². The van der Waals surface area contributed by atoms with Gasteiger partial charge in [-0.3, -0.25) is 19.7 Å². The zero-order valence-corrected chi connectivity index (χ0v) is 11.7. The molecule has 0 bridgehead atoms. The second-order valence-electron chi connectivity index (χ2n) is 4.85. The quantitative estimate of drug-likeness (QED) is 0.562. The molecule has 0 aromatic heterocycles. The second-order valence-corrected chi connectivity index (χ2v) is 4.85. The average Bonchev–Trinajstić information content (AvgIpc) is 2.38. The number of nitro groups is 1. The number of non-ortho nitro benzene ring substituents is 1. The Morgan fingerprint density at radius 1 is 1.33 bits per heavy atom. The number of nitro benzene ring substituents is 1. The van der Waals surface area contributed by atoms with Gasteiger partial charge in [-0.15, -0.1) is 0 Å². The molecule has 0 aliphatic heterocycles. The molecule has 7 heteroatoms. The largest absolute Gasteiger partial charge is 0.481 e. The van der Waals surface area contributed by atoms with Crippen LogP contribution < -0.4 is 5.32 Å². The molecule has 1 atom stereocenters. The van der Waals surface area contributed by atoms with E-state index in [0.717, 1.165) is 0 Å². The molecule has 1 aromatic rings. The minimum absolute atomic E-state index is 0.0128. The molecule has 1 amide bonds. The highest BCUT2D eigenvalue weighted by Crippen LogP contribution is 2.12. The summed E-state index contributed by atoms with van der Waals surface area (Å²) in [5.74, 6) is -1.04. The fourth-order valence-corrected chi connectivity index (χ4v) is 1.88. The monoisotopic (exact) mass is 294 g/mol. The van der Waals surface area contributed by atoms with Gasteiger partial charge in [0, 0.05) is 24.6 Å². The molecule has 1 aromatic carbocycles. The van der Waals surface area contributed by atoms with E-state index in [2.05, 4.69) is 5.32 Å². The molecule has 1 rings (SSSR count). The standard InChI is InChI=1S/C14H18N2O5/c1-10(3-2-4-14(18)19)15-13(17)9-11-5-7-12(8-6-11)16(20)21/h5-8,10H,2-4,9H2,1H3,(H,15,17)(H,18,19). The van der Waals surface area contributed by atoms with Gasteiger partial charge in [0.25, 0.3) is 5.69 Å². The molecule has 0 saturated carbocycles. The Bertz CT molecular complexity index is 513. The summed E-state index contributed by atoms with van der Waals surface area (Å²) in [7, 11) is 0. The van der Waals surface area contributed by atoms with Crippen LogP contribution in [-0.4, -0.2) is 27.9 Å². The lowest BCUT2D eigenvalue weighted by Crippen LogP contribution is -2.33. The third kappa shape index (κ3) is 6.51. The summed E-state index contributed by atoms with van der Waals surface area (Å²) in [6.45, 7) is 1.82. The fraction of sp³-hybridized carbons (Fsp3) is 0.429. The van der Waals surface area contributed by atoms with Crippen LogP contribution >= 0.6 is 0 Å². The number of benzene rings is 1. The van der Waals surface area contributed by atoms with Crippen LogP contribution in [-0.2, 0) is 16.0 Å². The highest BCUT2D eigenvalue weighted by atomic mass is 16.6. The van der Waals surface area contributed by atoms with Crippen molar-refractivity contribution in [3.8, 4) is 0 Å². The lowest BCUT2D eigenvalue weighted by atomic mass is 10.1. The summed E-state index contributed by atoms with van der Waals surface area (Å²) in [6, 6.07) is 5.71. The first kappa shape index (κ1) is 16.6. The Morgan fingerprint density at radius 3 is 2.48 bits per heavy atom. The molecular formula is C14H18N2O5. The Balaban J connectivity index is 2.39. The van der Waals surface area contributed by atoms with Gasteiger partial charge in [-0.05, 0) is 25.3 Å². The van der Waals surface area contributed by atoms with Gasteiger partial charge in [0.05, 0.1) is 11.3 Å². The number of amides is 1. The minimum Gasteiger partial charge on any atom is -0.481 e. The van der Waals surface area contributed by atoms with E-state index in [4.69, 9.17) is 5.11 Å². The molecule has 0 aliphatic carbocycles. The van der Waals surface area contributed by atoms with E-state index in [-0.39, 0.29) is 30.5 Å². The van der Waals surface area contributed by atoms with E-state index < -0.39 is 10.9 Å². The first-order valence-corrected chi connectivity index (χ1v) is 6.63. The van der Waals surface area contributed by atoms with E-state index >= 15 is 0 Å². The number of carbonyl (C=O) groups is 2. The molecule has 0 radical (unpaired) electrons. The van der Waals surface area contributed by atoms with Crippen molar-refractivity contribution in [2.75, 3.05) is 0 Å². The van der Waals surface area contributed by atoms with E-state index in [9.17, 15) is 19.7 Å². The number of hydrogen-bond acceptors (Lipinski definition) is 4. The number of carboxylic acid groups (broad SMARTS) is 1. The molecular weight excluding hydrogens is 276 g/mol. The maximum absolute atomic E-state index is 11.8. The number of hydrogen-bond donors (Lipinski definition) is 2. The smallest absolute Gasteiger partial charge is 0.303 e. The van der Waals surface area contributed by atoms with Gasteiger partial charge in [-0.1, -0.05) is 12.1 Å². The maximum atomic E-state index is 11.8. The van der Waals surface area contributed by atoms with Gasteiger partial charge in [-0.2, -0.15) is 0 Å². The number of carboxylic acids is 1. The summed E-state index contributed by atoms with van der Waals surface area (Å²) < 4.78 is 0. The number of nitrogens with zero attached hydrogens (tertiary/aromatic N) is 1. The van der Waals surface area contributed by atoms with Crippen molar-refractivity contribution in [1.82, 2.24) is 5.32 Å². The molecule has 0 spiro atoms. The third-order valence-electron chi connectivity index (χ3n) is 2.95. The lowest BCUT2D eigenvalue weighted by molar-refractivity contribution is -0.384. The molecule has 21 heavy (non-hydrogen) atoms. The third-order valence-corrected chi connectivity index (χ3v) is 2.95. The zero-order chi connectivity index (χ0) is 15.8. The summed E-state index contributed by atoms with van der Waals surface area (Å²) in [4.78, 5) is 32.2. The Morgan fingerprint density at radius 2 is 1.95 bits per heavy atom. The average molecular weight is 294 g/mol. The molecule has 0 fully saturated rings. The molecule has 2 N–H and O–H groups in total. The van der Waals surface area contributed by atoms with Crippen LogP contribution in [0.25, 0.3) is 0 Å². The van der Waals surface area contributed by atoms with Crippen LogP contribution in [0.15, 0.2) is 24.3 Å². The summed E-state index contributed by atoms with van der Waals surface area (Å²) in [5.41, 5.74) is 0.678. The minimum atomic E-state index is -0.848. The van der Waals surface area contributed by atoms with Crippen molar-refractivity contribution in [2.24, 2.45) is 0 Å². The highest BCUT2D eigenvalue weighted by Gasteiger charge is 2.10. The summed E-state index contributed by atoms with van der Waals surface area (Å²) in [5, 5.41) is 21.8. The van der Waals surface area contributed by atoms with Crippen molar-refractivity contribution in [1.29, 1.82) is 0 Å². The predicted molar refractivity (Wildman–Crippen MR) is 75.9 cm³/mol. The molecule has 0 aliphatic rings. The van der Waals surface area contributed by atoms with Gasteiger partial charge in [-0.25, -0.2) is 0 Å². The second kappa shape index (κ2) is 7.98. The Hall–Kier alpha value is -2.44. The van der Waals surface area contributed by atoms with Crippen molar-refractivity contribution in [3.05, 3.63) is 39.9 Å². The van der Waals surface area contributed by atoms with Gasteiger partial charge in [0.15, 0.2) is 0 Å². The topological polar surface area (TPSA) is 110 Å². The van der Waals surface area contributed by atoms with E-state index in [1.807, 2.05) is 6.92 Å². The number of aliphatic carboxylic acids is 1. The molecule has 7 nitrogen and oxygen atoms in total. The predicted octanol–water partition coefficient (Wildman–Crippen LogP) is 1.90. The van der Waals surface area contributed by atoms with Gasteiger partial charge in [0.1, 0.15) is 0 Å². The Labute approximate surface area is 122 Å². The van der Waals surface area contributed by atoms with Gasteiger partial charge >= 0.3 is 5.97 Å². The first-order valence-electron chi connectivity index (χ1n) is 6.63. The van der Waals surface area contributed by atoms with Crippen molar-refractivity contribution >= 4 is 17.6 Å². The van der Waals surface area contributed by atoms with Crippen LogP contribution in [0, 0.1) is 10.1 Å². The molecule has 114 valence electrons.